The van der Waals surface area contributed by atoms with Gasteiger partial charge >= 0.3 is 6.18 Å². The summed E-state index contributed by atoms with van der Waals surface area (Å²) >= 11 is 0. The van der Waals surface area contributed by atoms with Crippen molar-refractivity contribution < 1.29 is 13.2 Å². The molecule has 1 fully saturated rings. The lowest BCUT2D eigenvalue weighted by Crippen LogP contribution is -2.27. The Labute approximate surface area is 94.4 Å². The van der Waals surface area contributed by atoms with Gasteiger partial charge < -0.3 is 5.32 Å². The molecule has 0 aromatic heterocycles. The third-order valence-electron chi connectivity index (χ3n) is 2.95. The summed E-state index contributed by atoms with van der Waals surface area (Å²) in [6.07, 6.45) is 1.84. The van der Waals surface area contributed by atoms with Gasteiger partial charge in [-0.3, -0.25) is 0 Å². The zero-order valence-electron chi connectivity index (χ0n) is 9.64. The van der Waals surface area contributed by atoms with Gasteiger partial charge in [0.25, 0.3) is 0 Å². The Morgan fingerprint density at radius 1 is 1.44 bits per heavy atom. The molecule has 0 radical (unpaired) electrons. The zero-order valence-corrected chi connectivity index (χ0v) is 9.64. The molecular formula is C12H18F3N. The van der Waals surface area contributed by atoms with Gasteiger partial charge in [0.05, 0.1) is 5.57 Å². The first-order valence-electron chi connectivity index (χ1n) is 5.60. The Balaban J connectivity index is 2.57. The maximum Gasteiger partial charge on any atom is 0.416 e. The topological polar surface area (TPSA) is 12.0 Å². The van der Waals surface area contributed by atoms with Crippen LogP contribution in [0, 0.1) is 5.92 Å². The normalized spacial score (nSPS) is 25.3. The molecule has 0 aromatic carbocycles. The molecule has 1 rings (SSSR count). The van der Waals surface area contributed by atoms with E-state index < -0.39 is 11.7 Å². The van der Waals surface area contributed by atoms with Gasteiger partial charge in [-0.25, -0.2) is 0 Å². The summed E-state index contributed by atoms with van der Waals surface area (Å²) in [7, 11) is 0. The third-order valence-corrected chi connectivity index (χ3v) is 2.95. The summed E-state index contributed by atoms with van der Waals surface area (Å²) in [4.78, 5) is 0. The molecule has 1 aliphatic rings. The monoisotopic (exact) mass is 233 g/mol. The van der Waals surface area contributed by atoms with E-state index in [0.29, 0.717) is 6.04 Å². The maximum absolute atomic E-state index is 12.4. The first kappa shape index (κ1) is 13.3. The van der Waals surface area contributed by atoms with Crippen molar-refractivity contribution in [1.29, 1.82) is 0 Å². The van der Waals surface area contributed by atoms with Crippen LogP contribution >= 0.6 is 0 Å². The lowest BCUT2D eigenvalue weighted by molar-refractivity contribution is -0.0883. The fourth-order valence-corrected chi connectivity index (χ4v) is 1.90. The first-order chi connectivity index (χ1) is 7.45. The van der Waals surface area contributed by atoms with Crippen LogP contribution in [0.5, 0.6) is 0 Å². The predicted octanol–water partition coefficient (Wildman–Crippen LogP) is 3.44. The van der Waals surface area contributed by atoms with Crippen LogP contribution in [-0.2, 0) is 0 Å². The Morgan fingerprint density at radius 3 is 2.56 bits per heavy atom. The van der Waals surface area contributed by atoms with E-state index in [1.54, 1.807) is 6.08 Å². The van der Waals surface area contributed by atoms with Crippen LogP contribution in [0.1, 0.15) is 26.7 Å². The largest absolute Gasteiger partial charge is 0.416 e. The van der Waals surface area contributed by atoms with E-state index in [1.807, 2.05) is 6.92 Å². The van der Waals surface area contributed by atoms with E-state index >= 15 is 0 Å². The molecule has 92 valence electrons. The highest BCUT2D eigenvalue weighted by Gasteiger charge is 2.31. The summed E-state index contributed by atoms with van der Waals surface area (Å²) in [5.74, 6) is 0.139. The number of hydrogen-bond donors (Lipinski definition) is 1. The second-order valence-corrected chi connectivity index (χ2v) is 4.16. The Kier molecular flexibility index (Phi) is 4.59. The molecule has 0 amide bonds. The smallest absolute Gasteiger partial charge is 0.313 e. The molecular weight excluding hydrogens is 215 g/mol. The number of halogens is 3. The highest BCUT2D eigenvalue weighted by Crippen LogP contribution is 2.27. The van der Waals surface area contributed by atoms with Crippen molar-refractivity contribution in [2.45, 2.75) is 38.9 Å². The fourth-order valence-electron chi connectivity index (χ4n) is 1.90. The van der Waals surface area contributed by atoms with Crippen LogP contribution in [0.25, 0.3) is 0 Å². The molecule has 2 unspecified atom stereocenters. The van der Waals surface area contributed by atoms with Gasteiger partial charge in [-0.05, 0) is 32.2 Å². The van der Waals surface area contributed by atoms with E-state index in [-0.39, 0.29) is 5.92 Å². The van der Waals surface area contributed by atoms with Gasteiger partial charge in [-0.2, -0.15) is 13.2 Å². The van der Waals surface area contributed by atoms with Crippen LogP contribution in [0.4, 0.5) is 13.2 Å². The Bertz CT molecular complexity index is 272. The van der Waals surface area contributed by atoms with Crippen LogP contribution in [0.3, 0.4) is 0 Å². The molecule has 1 nitrogen and oxygen atoms in total. The number of hydrogen-bond acceptors (Lipinski definition) is 1. The van der Waals surface area contributed by atoms with Gasteiger partial charge in [0.15, 0.2) is 0 Å². The average Bonchev–Trinajstić information content (AvgIpc) is 2.68. The molecule has 0 spiro atoms. The quantitative estimate of drug-likeness (QED) is 0.736. The summed E-state index contributed by atoms with van der Waals surface area (Å²) < 4.78 is 37.2. The Hall–Kier alpha value is -0.770. The summed E-state index contributed by atoms with van der Waals surface area (Å²) in [5, 5.41) is 3.28. The van der Waals surface area contributed by atoms with Crippen LogP contribution < -0.4 is 5.32 Å². The molecule has 4 heteroatoms. The number of nitrogens with one attached hydrogen (secondary N) is 1. The fraction of sp³-hybridized carbons (Fsp3) is 0.667. The van der Waals surface area contributed by atoms with Gasteiger partial charge in [-0.1, -0.05) is 25.2 Å². The van der Waals surface area contributed by atoms with Crippen LogP contribution in [0.15, 0.2) is 23.8 Å². The van der Waals surface area contributed by atoms with Gasteiger partial charge in [0, 0.05) is 6.04 Å². The van der Waals surface area contributed by atoms with Crippen molar-refractivity contribution in [2.75, 3.05) is 6.54 Å². The SMILES string of the molecule is C/C=C(\C=C/C(C)C1CCCN1)C(F)(F)F. The number of alkyl halides is 3. The molecule has 0 bridgehead atoms. The summed E-state index contributed by atoms with van der Waals surface area (Å²) in [6.45, 7) is 4.33. The predicted molar refractivity (Wildman–Crippen MR) is 59.1 cm³/mol. The molecule has 1 heterocycles. The molecule has 1 saturated heterocycles. The number of rotatable bonds is 3. The van der Waals surface area contributed by atoms with Gasteiger partial charge in [0.1, 0.15) is 0 Å². The third kappa shape index (κ3) is 3.67. The molecule has 0 saturated carbocycles. The van der Waals surface area contributed by atoms with Crippen molar-refractivity contribution in [3.05, 3.63) is 23.8 Å². The van der Waals surface area contributed by atoms with E-state index in [1.165, 1.54) is 13.0 Å². The lowest BCUT2D eigenvalue weighted by atomic mass is 9.99. The van der Waals surface area contributed by atoms with Crippen molar-refractivity contribution >= 4 is 0 Å². The second-order valence-electron chi connectivity index (χ2n) is 4.16. The van der Waals surface area contributed by atoms with E-state index in [2.05, 4.69) is 5.32 Å². The average molecular weight is 233 g/mol. The van der Waals surface area contributed by atoms with Crippen molar-refractivity contribution in [2.24, 2.45) is 5.92 Å². The minimum atomic E-state index is -4.24. The van der Waals surface area contributed by atoms with Crippen LogP contribution in [-0.4, -0.2) is 18.8 Å². The van der Waals surface area contributed by atoms with Crippen molar-refractivity contribution in [3.63, 3.8) is 0 Å². The molecule has 0 aromatic rings. The second kappa shape index (κ2) is 5.53. The Morgan fingerprint density at radius 2 is 2.12 bits per heavy atom. The number of allylic oxidation sites excluding steroid dienone is 3. The minimum Gasteiger partial charge on any atom is -0.313 e. The highest BCUT2D eigenvalue weighted by molar-refractivity contribution is 5.23. The van der Waals surface area contributed by atoms with E-state index in [0.717, 1.165) is 25.5 Å². The highest BCUT2D eigenvalue weighted by atomic mass is 19.4. The maximum atomic E-state index is 12.4. The van der Waals surface area contributed by atoms with Crippen molar-refractivity contribution in [3.8, 4) is 0 Å². The zero-order chi connectivity index (χ0) is 12.2. The first-order valence-corrected chi connectivity index (χ1v) is 5.60. The molecule has 1 aliphatic heterocycles. The molecule has 1 N–H and O–H groups in total. The van der Waals surface area contributed by atoms with E-state index in [9.17, 15) is 13.2 Å². The van der Waals surface area contributed by atoms with E-state index in [4.69, 9.17) is 0 Å². The van der Waals surface area contributed by atoms with Gasteiger partial charge in [0.2, 0.25) is 0 Å². The van der Waals surface area contributed by atoms with Gasteiger partial charge in [-0.15, -0.1) is 0 Å². The summed E-state index contributed by atoms with van der Waals surface area (Å²) in [6, 6.07) is 0.322. The lowest BCUT2D eigenvalue weighted by Gasteiger charge is -2.16. The molecule has 16 heavy (non-hydrogen) atoms. The molecule has 0 aliphatic carbocycles. The minimum absolute atomic E-state index is 0.139. The molecule has 2 atom stereocenters. The van der Waals surface area contributed by atoms with Crippen molar-refractivity contribution in [1.82, 2.24) is 5.32 Å². The van der Waals surface area contributed by atoms with Crippen LogP contribution in [0.2, 0.25) is 0 Å². The standard InChI is InChI=1S/C12H18F3N/c1-3-10(12(13,14)15)7-6-9(2)11-5-4-8-16-11/h3,6-7,9,11,16H,4-5,8H2,1-2H3/b7-6-,10-3+. The summed E-state index contributed by atoms with van der Waals surface area (Å²) in [5.41, 5.74) is -0.572.